The van der Waals surface area contributed by atoms with Gasteiger partial charge in [0.15, 0.2) is 0 Å². The van der Waals surface area contributed by atoms with Crippen LogP contribution in [-0.4, -0.2) is 28.5 Å². The van der Waals surface area contributed by atoms with Crippen molar-refractivity contribution in [2.24, 2.45) is 5.10 Å². The molecule has 0 aromatic rings. The van der Waals surface area contributed by atoms with Gasteiger partial charge in [0.1, 0.15) is 0 Å². The molecule has 0 aliphatic carbocycles. The van der Waals surface area contributed by atoms with Crippen LogP contribution in [0.2, 0.25) is 0 Å². The Morgan fingerprint density at radius 2 is 2.50 bits per heavy atom. The summed E-state index contributed by atoms with van der Waals surface area (Å²) < 4.78 is 0. The summed E-state index contributed by atoms with van der Waals surface area (Å²) in [5, 5.41) is 6.32. The molecule has 4 heteroatoms. The van der Waals surface area contributed by atoms with Gasteiger partial charge in [-0.2, -0.15) is 5.10 Å². The monoisotopic (exact) mass is 204 g/mol. The van der Waals surface area contributed by atoms with Gasteiger partial charge in [-0.15, -0.1) is 0 Å². The molecule has 0 unspecified atom stereocenters. The molecule has 0 saturated carbocycles. The Balaban J connectivity index is 2.52. The molecule has 0 saturated heterocycles. The molecule has 56 valence electrons. The second-order valence-electron chi connectivity index (χ2n) is 2.22. The quantitative estimate of drug-likeness (QED) is 0.618. The Bertz CT molecular complexity index is 179. The van der Waals surface area contributed by atoms with Crippen molar-refractivity contribution in [3.05, 3.63) is 0 Å². The lowest BCUT2D eigenvalue weighted by Gasteiger charge is -2.07. The van der Waals surface area contributed by atoms with Crippen molar-refractivity contribution in [2.75, 3.05) is 11.9 Å². The molecule has 1 aliphatic heterocycles. The highest BCUT2D eigenvalue weighted by atomic mass is 79.9. The third-order valence-electron chi connectivity index (χ3n) is 1.28. The van der Waals surface area contributed by atoms with E-state index in [9.17, 15) is 4.79 Å². The number of nitrogens with zero attached hydrogens (tertiary/aromatic N) is 2. The highest BCUT2D eigenvalue weighted by Crippen LogP contribution is 2.07. The van der Waals surface area contributed by atoms with Crippen LogP contribution in [0.3, 0.4) is 0 Å². The summed E-state index contributed by atoms with van der Waals surface area (Å²) in [5.74, 6) is 0.108. The number of hydrazone groups is 1. The maximum atomic E-state index is 11.0. The molecule has 1 amide bonds. The molecule has 1 aliphatic rings. The summed E-state index contributed by atoms with van der Waals surface area (Å²) in [5.41, 5.74) is 0.908. The van der Waals surface area contributed by atoms with Gasteiger partial charge in [0, 0.05) is 11.0 Å². The van der Waals surface area contributed by atoms with Gasteiger partial charge in [-0.05, 0) is 6.92 Å². The van der Waals surface area contributed by atoms with Gasteiger partial charge in [-0.3, -0.25) is 4.79 Å². The van der Waals surface area contributed by atoms with Crippen LogP contribution in [0.15, 0.2) is 5.10 Å². The van der Waals surface area contributed by atoms with E-state index in [-0.39, 0.29) is 5.91 Å². The van der Waals surface area contributed by atoms with Crippen molar-refractivity contribution in [3.63, 3.8) is 0 Å². The van der Waals surface area contributed by atoms with E-state index < -0.39 is 0 Å². The summed E-state index contributed by atoms with van der Waals surface area (Å²) in [7, 11) is 0. The molecule has 0 radical (unpaired) electrons. The standard InChI is InChI=1S/C6H9BrN2O/c1-5-4-6(10)9(8-5)3-2-7/h2-4H2,1H3. The summed E-state index contributed by atoms with van der Waals surface area (Å²) in [6, 6.07) is 0. The molecule has 0 bridgehead atoms. The fourth-order valence-electron chi connectivity index (χ4n) is 0.862. The van der Waals surface area contributed by atoms with Crippen LogP contribution in [-0.2, 0) is 4.79 Å². The predicted molar refractivity (Wildman–Crippen MR) is 43.2 cm³/mol. The van der Waals surface area contributed by atoms with E-state index in [1.54, 1.807) is 0 Å². The minimum atomic E-state index is 0.108. The van der Waals surface area contributed by atoms with Gasteiger partial charge < -0.3 is 0 Å². The van der Waals surface area contributed by atoms with Crippen LogP contribution < -0.4 is 0 Å². The largest absolute Gasteiger partial charge is 0.273 e. The minimum Gasteiger partial charge on any atom is -0.273 e. The van der Waals surface area contributed by atoms with Crippen LogP contribution in [0.25, 0.3) is 0 Å². The van der Waals surface area contributed by atoms with Crippen LogP contribution in [0.1, 0.15) is 13.3 Å². The molecular weight excluding hydrogens is 196 g/mol. The van der Waals surface area contributed by atoms with Crippen molar-refractivity contribution < 1.29 is 4.79 Å². The van der Waals surface area contributed by atoms with E-state index in [1.807, 2.05) is 6.92 Å². The molecular formula is C6H9BrN2O. The molecule has 0 N–H and O–H groups in total. The van der Waals surface area contributed by atoms with E-state index in [1.165, 1.54) is 5.01 Å². The minimum absolute atomic E-state index is 0.108. The van der Waals surface area contributed by atoms with E-state index in [2.05, 4.69) is 21.0 Å². The molecule has 0 fully saturated rings. The van der Waals surface area contributed by atoms with E-state index in [4.69, 9.17) is 0 Å². The lowest BCUT2D eigenvalue weighted by atomic mass is 10.3. The predicted octanol–water partition coefficient (Wildman–Crippen LogP) is 0.990. The van der Waals surface area contributed by atoms with Crippen LogP contribution in [0.4, 0.5) is 0 Å². The molecule has 0 aromatic carbocycles. The first kappa shape index (κ1) is 7.72. The number of carbonyl (C=O) groups excluding carboxylic acids is 1. The molecule has 0 spiro atoms. The first-order valence-electron chi connectivity index (χ1n) is 3.14. The maximum Gasteiger partial charge on any atom is 0.248 e. The lowest BCUT2D eigenvalue weighted by molar-refractivity contribution is -0.128. The SMILES string of the molecule is CC1=NN(CCBr)C(=O)C1. The van der Waals surface area contributed by atoms with Crippen LogP contribution >= 0.6 is 15.9 Å². The van der Waals surface area contributed by atoms with E-state index in [0.717, 1.165) is 11.0 Å². The third kappa shape index (κ3) is 1.56. The van der Waals surface area contributed by atoms with E-state index in [0.29, 0.717) is 13.0 Å². The zero-order chi connectivity index (χ0) is 7.56. The first-order valence-corrected chi connectivity index (χ1v) is 4.26. The van der Waals surface area contributed by atoms with Crippen molar-refractivity contribution >= 4 is 27.5 Å². The Labute approximate surface area is 68.2 Å². The van der Waals surface area contributed by atoms with Crippen LogP contribution in [0.5, 0.6) is 0 Å². The molecule has 1 heterocycles. The molecule has 1 rings (SSSR count). The smallest absolute Gasteiger partial charge is 0.248 e. The van der Waals surface area contributed by atoms with E-state index >= 15 is 0 Å². The average Bonchev–Trinajstić information content (AvgIpc) is 2.13. The fourth-order valence-corrected chi connectivity index (χ4v) is 1.20. The van der Waals surface area contributed by atoms with Gasteiger partial charge in [0.25, 0.3) is 0 Å². The number of rotatable bonds is 2. The van der Waals surface area contributed by atoms with Crippen molar-refractivity contribution in [1.29, 1.82) is 0 Å². The highest BCUT2D eigenvalue weighted by molar-refractivity contribution is 9.09. The number of hydrogen-bond acceptors (Lipinski definition) is 2. The fraction of sp³-hybridized carbons (Fsp3) is 0.667. The number of hydrogen-bond donors (Lipinski definition) is 0. The zero-order valence-corrected chi connectivity index (χ0v) is 7.39. The maximum absolute atomic E-state index is 11.0. The first-order chi connectivity index (χ1) is 4.74. The van der Waals surface area contributed by atoms with Gasteiger partial charge in [-0.25, -0.2) is 5.01 Å². The summed E-state index contributed by atoms with van der Waals surface area (Å²) in [4.78, 5) is 11.0. The second kappa shape index (κ2) is 3.14. The van der Waals surface area contributed by atoms with Crippen molar-refractivity contribution in [2.45, 2.75) is 13.3 Å². The third-order valence-corrected chi connectivity index (χ3v) is 1.64. The molecule has 0 atom stereocenters. The molecule has 3 nitrogen and oxygen atoms in total. The number of carbonyl (C=O) groups is 1. The number of amides is 1. The summed E-state index contributed by atoms with van der Waals surface area (Å²) in [6.45, 7) is 2.54. The normalized spacial score (nSPS) is 18.0. The molecule has 0 aromatic heterocycles. The van der Waals surface area contributed by atoms with Crippen molar-refractivity contribution in [3.8, 4) is 0 Å². The summed E-state index contributed by atoms with van der Waals surface area (Å²) >= 11 is 3.24. The summed E-state index contributed by atoms with van der Waals surface area (Å²) in [6.07, 6.45) is 0.493. The Hall–Kier alpha value is -0.380. The Morgan fingerprint density at radius 1 is 1.80 bits per heavy atom. The number of halogens is 1. The topological polar surface area (TPSA) is 32.7 Å². The van der Waals surface area contributed by atoms with Crippen molar-refractivity contribution in [1.82, 2.24) is 5.01 Å². The van der Waals surface area contributed by atoms with Gasteiger partial charge in [0.05, 0.1) is 13.0 Å². The zero-order valence-electron chi connectivity index (χ0n) is 5.80. The molecule has 10 heavy (non-hydrogen) atoms. The highest BCUT2D eigenvalue weighted by Gasteiger charge is 2.19. The van der Waals surface area contributed by atoms with Gasteiger partial charge in [0.2, 0.25) is 5.91 Å². The second-order valence-corrected chi connectivity index (χ2v) is 3.01. The van der Waals surface area contributed by atoms with Gasteiger partial charge in [-0.1, -0.05) is 15.9 Å². The Kier molecular flexibility index (Phi) is 2.43. The number of alkyl halides is 1. The lowest BCUT2D eigenvalue weighted by Crippen LogP contribution is -2.22. The van der Waals surface area contributed by atoms with Gasteiger partial charge >= 0.3 is 0 Å². The Morgan fingerprint density at radius 3 is 2.90 bits per heavy atom. The average molecular weight is 205 g/mol. The van der Waals surface area contributed by atoms with Crippen LogP contribution in [0, 0.1) is 0 Å².